The van der Waals surface area contributed by atoms with E-state index in [1.165, 1.54) is 13.3 Å². The number of hydrazone groups is 1. The van der Waals surface area contributed by atoms with Crippen LogP contribution in [-0.2, 0) is 24.3 Å². The molecule has 0 aromatic rings. The monoisotopic (exact) mass is 369 g/mol. The van der Waals surface area contributed by atoms with Crippen molar-refractivity contribution in [2.75, 3.05) is 12.9 Å². The Kier molecular flexibility index (Phi) is 3.33. The molecular formula is C16H23N3O5S. The normalized spacial score (nSPS) is 42.3. The van der Waals surface area contributed by atoms with Crippen LogP contribution in [-0.4, -0.2) is 55.8 Å². The van der Waals surface area contributed by atoms with Crippen LogP contribution in [0.5, 0.6) is 0 Å². The molecule has 1 spiro atoms. The molecule has 1 saturated heterocycles. The van der Waals surface area contributed by atoms with Gasteiger partial charge in [0.2, 0.25) is 10.0 Å². The van der Waals surface area contributed by atoms with E-state index in [0.29, 0.717) is 12.3 Å². The molecule has 0 aromatic heterocycles. The van der Waals surface area contributed by atoms with Crippen molar-refractivity contribution in [1.82, 2.24) is 9.73 Å². The minimum atomic E-state index is -3.72. The minimum absolute atomic E-state index is 0.0103. The Balaban J connectivity index is 1.69. The van der Waals surface area contributed by atoms with Gasteiger partial charge in [0.25, 0.3) is 5.91 Å². The molecule has 9 heteroatoms. The molecule has 0 radical (unpaired) electrons. The van der Waals surface area contributed by atoms with Crippen LogP contribution in [0, 0.1) is 22.7 Å². The molecule has 5 atom stereocenters. The molecule has 1 N–H and O–H groups in total. The van der Waals surface area contributed by atoms with Crippen LogP contribution < -0.4 is 5.43 Å². The van der Waals surface area contributed by atoms with Crippen molar-refractivity contribution in [3.63, 3.8) is 0 Å². The second-order valence-electron chi connectivity index (χ2n) is 8.19. The molecule has 2 bridgehead atoms. The first-order chi connectivity index (χ1) is 11.7. The van der Waals surface area contributed by atoms with E-state index >= 15 is 0 Å². The molecule has 0 unspecified atom stereocenters. The second kappa shape index (κ2) is 4.96. The summed E-state index contributed by atoms with van der Waals surface area (Å²) in [7, 11) is -2.49. The third kappa shape index (κ3) is 1.93. The number of carbonyl (C=O) groups excluding carboxylic acids is 2. The number of fused-ring (bicyclic) bond motifs is 1. The number of amides is 1. The fourth-order valence-corrected chi connectivity index (χ4v) is 8.19. The van der Waals surface area contributed by atoms with E-state index in [2.05, 4.69) is 24.4 Å². The van der Waals surface area contributed by atoms with Crippen molar-refractivity contribution in [3.8, 4) is 0 Å². The lowest BCUT2D eigenvalue weighted by atomic mass is 9.69. The number of sulfonamides is 1. The van der Waals surface area contributed by atoms with Gasteiger partial charge in [-0.25, -0.2) is 12.7 Å². The van der Waals surface area contributed by atoms with E-state index in [4.69, 9.17) is 4.74 Å². The average Bonchev–Trinajstić information content (AvgIpc) is 3.22. The van der Waals surface area contributed by atoms with E-state index in [9.17, 15) is 18.0 Å². The van der Waals surface area contributed by atoms with Gasteiger partial charge in [-0.05, 0) is 30.6 Å². The Labute approximate surface area is 147 Å². The summed E-state index contributed by atoms with van der Waals surface area (Å²) in [6.07, 6.45) is 3.84. The molecule has 2 heterocycles. The molecule has 1 amide bonds. The molecular weight excluding hydrogens is 346 g/mol. The number of hydrogen-bond acceptors (Lipinski definition) is 7. The van der Waals surface area contributed by atoms with Gasteiger partial charge in [0.1, 0.15) is 12.0 Å². The van der Waals surface area contributed by atoms with Crippen molar-refractivity contribution in [1.29, 1.82) is 0 Å². The lowest BCUT2D eigenvalue weighted by Gasteiger charge is -2.37. The molecule has 0 aromatic carbocycles. The van der Waals surface area contributed by atoms with Gasteiger partial charge >= 0.3 is 5.97 Å². The lowest BCUT2D eigenvalue weighted by molar-refractivity contribution is -0.146. The Morgan fingerprint density at radius 2 is 2.08 bits per heavy atom. The predicted molar refractivity (Wildman–Crippen MR) is 88.9 cm³/mol. The maximum atomic E-state index is 13.1. The van der Waals surface area contributed by atoms with Crippen LogP contribution in [0.15, 0.2) is 5.10 Å². The number of methoxy groups -OCH3 is 1. The largest absolute Gasteiger partial charge is 0.468 e. The molecule has 138 valence electrons. The van der Waals surface area contributed by atoms with Crippen LogP contribution in [0.1, 0.15) is 33.1 Å². The second-order valence-corrected chi connectivity index (χ2v) is 10.0. The SMILES string of the molecule is COC(=O)[C@H]1C=NN[C@@H]1C(=O)N1[C@H]2C[C@H]3CC[C@@]2(CS1(=O)=O)C3(C)C. The van der Waals surface area contributed by atoms with E-state index < -0.39 is 33.9 Å². The highest BCUT2D eigenvalue weighted by Crippen LogP contribution is 2.70. The smallest absolute Gasteiger partial charge is 0.316 e. The van der Waals surface area contributed by atoms with Gasteiger partial charge in [-0.2, -0.15) is 5.10 Å². The van der Waals surface area contributed by atoms with Crippen LogP contribution in [0.25, 0.3) is 0 Å². The zero-order valence-corrected chi connectivity index (χ0v) is 15.4. The van der Waals surface area contributed by atoms with Crippen molar-refractivity contribution in [2.45, 2.75) is 45.2 Å². The van der Waals surface area contributed by atoms with Crippen molar-refractivity contribution in [2.24, 2.45) is 27.8 Å². The van der Waals surface area contributed by atoms with Crippen molar-refractivity contribution in [3.05, 3.63) is 0 Å². The van der Waals surface area contributed by atoms with Gasteiger partial charge < -0.3 is 4.74 Å². The summed E-state index contributed by atoms with van der Waals surface area (Å²) < 4.78 is 31.6. The maximum Gasteiger partial charge on any atom is 0.316 e. The summed E-state index contributed by atoms with van der Waals surface area (Å²) in [5.41, 5.74) is 2.10. The first-order valence-electron chi connectivity index (χ1n) is 8.58. The van der Waals surface area contributed by atoms with Gasteiger partial charge in [0, 0.05) is 11.6 Å². The number of nitrogens with one attached hydrogen (secondary N) is 1. The highest BCUT2D eigenvalue weighted by atomic mass is 32.2. The van der Waals surface area contributed by atoms with Crippen LogP contribution >= 0.6 is 0 Å². The van der Waals surface area contributed by atoms with Crippen LogP contribution in [0.3, 0.4) is 0 Å². The Bertz CT molecular complexity index is 777. The molecule has 4 aliphatic rings. The number of hydrogen-bond donors (Lipinski definition) is 1. The molecule has 8 nitrogen and oxygen atoms in total. The predicted octanol–water partition coefficient (Wildman–Crippen LogP) is 0.100. The molecule has 25 heavy (non-hydrogen) atoms. The van der Waals surface area contributed by atoms with Gasteiger partial charge in [-0.15, -0.1) is 0 Å². The lowest BCUT2D eigenvalue weighted by Crippen LogP contribution is -2.53. The topological polar surface area (TPSA) is 105 Å². The summed E-state index contributed by atoms with van der Waals surface area (Å²) in [6.45, 7) is 4.25. The fraction of sp³-hybridized carbons (Fsp3) is 0.812. The zero-order valence-electron chi connectivity index (χ0n) is 14.6. The maximum absolute atomic E-state index is 13.1. The number of carbonyl (C=O) groups is 2. The first-order valence-corrected chi connectivity index (χ1v) is 10.2. The van der Waals surface area contributed by atoms with Crippen LogP contribution in [0.2, 0.25) is 0 Å². The van der Waals surface area contributed by atoms with Gasteiger partial charge in [0.05, 0.1) is 18.9 Å². The summed E-state index contributed by atoms with van der Waals surface area (Å²) in [4.78, 5) is 25.0. The summed E-state index contributed by atoms with van der Waals surface area (Å²) in [5.74, 6) is -1.68. The molecule has 2 aliphatic carbocycles. The molecule has 4 rings (SSSR count). The van der Waals surface area contributed by atoms with Gasteiger partial charge in [-0.1, -0.05) is 13.8 Å². The third-order valence-electron chi connectivity index (χ3n) is 7.18. The number of esters is 1. The third-order valence-corrected chi connectivity index (χ3v) is 9.09. The Morgan fingerprint density at radius 1 is 1.36 bits per heavy atom. The van der Waals surface area contributed by atoms with E-state index in [-0.39, 0.29) is 22.6 Å². The van der Waals surface area contributed by atoms with Crippen molar-refractivity contribution >= 4 is 28.1 Å². The standard InChI is InChI=1S/C16H23N3O5S/c1-15(2)9-4-5-16(15)8-25(22,23)19(11(16)6-9)13(20)12-10(7-17-18-12)14(21)24-3/h7,9-12,18H,4-6,8H2,1-3H3/t9-,10+,11+,12+,16+/m1/s1. The summed E-state index contributed by atoms with van der Waals surface area (Å²) in [5, 5.41) is 3.80. The van der Waals surface area contributed by atoms with E-state index in [1.807, 2.05) is 0 Å². The first kappa shape index (κ1) is 16.8. The van der Waals surface area contributed by atoms with E-state index in [0.717, 1.165) is 17.1 Å². The highest BCUT2D eigenvalue weighted by molar-refractivity contribution is 7.90. The molecule has 3 fully saturated rings. The van der Waals surface area contributed by atoms with E-state index in [1.54, 1.807) is 0 Å². The number of rotatable bonds is 2. The molecule has 2 saturated carbocycles. The fourth-order valence-electron chi connectivity index (χ4n) is 5.63. The Hall–Kier alpha value is -1.64. The average molecular weight is 369 g/mol. The highest BCUT2D eigenvalue weighted by Gasteiger charge is 2.72. The zero-order chi connectivity index (χ0) is 18.2. The Morgan fingerprint density at radius 3 is 2.72 bits per heavy atom. The van der Waals surface area contributed by atoms with Gasteiger partial charge in [-0.3, -0.25) is 15.0 Å². The molecule has 2 aliphatic heterocycles. The number of ether oxygens (including phenoxy) is 1. The van der Waals surface area contributed by atoms with Crippen molar-refractivity contribution < 1.29 is 22.7 Å². The van der Waals surface area contributed by atoms with Gasteiger partial charge in [0.15, 0.2) is 0 Å². The minimum Gasteiger partial charge on any atom is -0.468 e. The van der Waals surface area contributed by atoms with Crippen LogP contribution in [0.4, 0.5) is 0 Å². The number of nitrogens with zero attached hydrogens (tertiary/aromatic N) is 2. The summed E-state index contributed by atoms with van der Waals surface area (Å²) in [6, 6.07) is -1.35. The quantitative estimate of drug-likeness (QED) is 0.692. The summed E-state index contributed by atoms with van der Waals surface area (Å²) >= 11 is 0.